The molecule has 0 unspecified atom stereocenters. The van der Waals surface area contributed by atoms with E-state index in [1.54, 1.807) is 0 Å². The number of benzene rings is 1. The number of fused-ring (bicyclic) bond motifs is 1. The molecule has 0 spiro atoms. The van der Waals surface area contributed by atoms with Crippen LogP contribution in [0.4, 0.5) is 0 Å². The molecule has 2 aromatic rings. The van der Waals surface area contributed by atoms with Gasteiger partial charge in [-0.2, -0.15) is 0 Å². The van der Waals surface area contributed by atoms with Gasteiger partial charge in [-0.3, -0.25) is 4.79 Å². The van der Waals surface area contributed by atoms with Gasteiger partial charge in [0.2, 0.25) is 5.88 Å². The number of halogens is 1. The SMILES string of the molecule is CCCCn1nc(OCCC)c2ccc(Br)cc2c1=O. The fourth-order valence-electron chi connectivity index (χ4n) is 1.99. The summed E-state index contributed by atoms with van der Waals surface area (Å²) < 4.78 is 8.10. The molecule has 0 bridgehead atoms. The van der Waals surface area contributed by atoms with Crippen molar-refractivity contribution in [2.75, 3.05) is 6.61 Å². The molecule has 1 aromatic heterocycles. The third-order valence-electron chi connectivity index (χ3n) is 3.05. The maximum Gasteiger partial charge on any atom is 0.274 e. The van der Waals surface area contributed by atoms with Crippen molar-refractivity contribution in [1.29, 1.82) is 0 Å². The number of rotatable bonds is 6. The summed E-state index contributed by atoms with van der Waals surface area (Å²) in [5.41, 5.74) is -0.0569. The first-order valence-electron chi connectivity index (χ1n) is 7.00. The van der Waals surface area contributed by atoms with Crippen molar-refractivity contribution >= 4 is 26.7 Å². The number of unbranched alkanes of at least 4 members (excludes halogenated alkanes) is 1. The number of hydrogen-bond acceptors (Lipinski definition) is 3. The zero-order valence-corrected chi connectivity index (χ0v) is 13.4. The minimum absolute atomic E-state index is 0.0569. The van der Waals surface area contributed by atoms with Gasteiger partial charge in [-0.05, 0) is 31.0 Å². The summed E-state index contributed by atoms with van der Waals surface area (Å²) in [5, 5.41) is 5.80. The standard InChI is InChI=1S/C15H19BrN2O2/c1-3-5-8-18-15(19)13-10-11(16)6-7-12(13)14(17-18)20-9-4-2/h6-7,10H,3-5,8-9H2,1-2H3. The van der Waals surface area contributed by atoms with Gasteiger partial charge >= 0.3 is 0 Å². The number of nitrogens with zero attached hydrogens (tertiary/aromatic N) is 2. The smallest absolute Gasteiger partial charge is 0.274 e. The van der Waals surface area contributed by atoms with E-state index in [9.17, 15) is 4.79 Å². The Bertz CT molecular complexity index is 652. The van der Waals surface area contributed by atoms with Gasteiger partial charge in [-0.25, -0.2) is 4.68 Å². The molecule has 0 aliphatic carbocycles. The Morgan fingerprint density at radius 1 is 1.25 bits per heavy atom. The van der Waals surface area contributed by atoms with Crippen molar-refractivity contribution in [3.8, 4) is 5.88 Å². The molecular weight excluding hydrogens is 320 g/mol. The first-order chi connectivity index (χ1) is 9.67. The Balaban J connectivity index is 2.57. The van der Waals surface area contributed by atoms with E-state index in [0.29, 0.717) is 24.4 Å². The molecule has 2 rings (SSSR count). The fraction of sp³-hybridized carbons (Fsp3) is 0.467. The van der Waals surface area contributed by atoms with Crippen LogP contribution in [0.1, 0.15) is 33.1 Å². The van der Waals surface area contributed by atoms with Crippen LogP contribution < -0.4 is 10.3 Å². The molecule has 5 heteroatoms. The van der Waals surface area contributed by atoms with E-state index < -0.39 is 0 Å². The number of aryl methyl sites for hydroxylation is 1. The monoisotopic (exact) mass is 338 g/mol. The molecule has 0 saturated carbocycles. The quantitative estimate of drug-likeness (QED) is 0.805. The molecule has 0 fully saturated rings. The van der Waals surface area contributed by atoms with Gasteiger partial charge in [-0.15, -0.1) is 5.10 Å². The Kier molecular flexibility index (Phi) is 5.17. The van der Waals surface area contributed by atoms with E-state index in [2.05, 4.69) is 28.0 Å². The lowest BCUT2D eigenvalue weighted by Crippen LogP contribution is -2.24. The molecule has 1 aromatic carbocycles. The predicted octanol–water partition coefficient (Wildman–Crippen LogP) is 3.75. The van der Waals surface area contributed by atoms with Crippen LogP contribution >= 0.6 is 15.9 Å². The normalized spacial score (nSPS) is 10.9. The first-order valence-corrected chi connectivity index (χ1v) is 7.79. The van der Waals surface area contributed by atoms with E-state index in [4.69, 9.17) is 4.74 Å². The highest BCUT2D eigenvalue weighted by Gasteiger charge is 2.11. The first kappa shape index (κ1) is 15.0. The van der Waals surface area contributed by atoms with Crippen LogP contribution in [0.15, 0.2) is 27.5 Å². The van der Waals surface area contributed by atoms with Crippen molar-refractivity contribution in [3.05, 3.63) is 33.0 Å². The highest BCUT2D eigenvalue weighted by atomic mass is 79.9. The van der Waals surface area contributed by atoms with E-state index in [1.807, 2.05) is 25.1 Å². The molecule has 0 aliphatic heterocycles. The highest BCUT2D eigenvalue weighted by molar-refractivity contribution is 9.10. The zero-order valence-electron chi connectivity index (χ0n) is 11.9. The third kappa shape index (κ3) is 3.20. The van der Waals surface area contributed by atoms with Gasteiger partial charge in [0.15, 0.2) is 0 Å². The molecule has 20 heavy (non-hydrogen) atoms. The zero-order chi connectivity index (χ0) is 14.5. The summed E-state index contributed by atoms with van der Waals surface area (Å²) in [7, 11) is 0. The van der Waals surface area contributed by atoms with E-state index in [-0.39, 0.29) is 5.56 Å². The minimum Gasteiger partial charge on any atom is -0.476 e. The van der Waals surface area contributed by atoms with Gasteiger partial charge in [0.1, 0.15) is 0 Å². The van der Waals surface area contributed by atoms with Crippen molar-refractivity contribution in [2.24, 2.45) is 0 Å². The Morgan fingerprint density at radius 3 is 2.75 bits per heavy atom. The van der Waals surface area contributed by atoms with Gasteiger partial charge in [0.25, 0.3) is 5.56 Å². The minimum atomic E-state index is -0.0569. The van der Waals surface area contributed by atoms with Crippen molar-refractivity contribution in [1.82, 2.24) is 9.78 Å². The second kappa shape index (κ2) is 6.88. The molecule has 1 heterocycles. The lowest BCUT2D eigenvalue weighted by Gasteiger charge is -2.11. The molecule has 0 saturated heterocycles. The molecule has 0 aliphatic rings. The van der Waals surface area contributed by atoms with Gasteiger partial charge < -0.3 is 4.74 Å². The fourth-order valence-corrected chi connectivity index (χ4v) is 2.35. The highest BCUT2D eigenvalue weighted by Crippen LogP contribution is 2.24. The van der Waals surface area contributed by atoms with Crippen molar-refractivity contribution in [3.63, 3.8) is 0 Å². The summed E-state index contributed by atoms with van der Waals surface area (Å²) in [4.78, 5) is 12.4. The molecule has 0 atom stereocenters. The number of aromatic nitrogens is 2. The lowest BCUT2D eigenvalue weighted by atomic mass is 10.2. The van der Waals surface area contributed by atoms with Crippen LogP contribution in [0.25, 0.3) is 10.8 Å². The maximum atomic E-state index is 12.4. The maximum absolute atomic E-state index is 12.4. The summed E-state index contributed by atoms with van der Waals surface area (Å²) >= 11 is 3.41. The van der Waals surface area contributed by atoms with E-state index in [0.717, 1.165) is 29.1 Å². The third-order valence-corrected chi connectivity index (χ3v) is 3.55. The Hall–Kier alpha value is -1.36. The Morgan fingerprint density at radius 2 is 2.05 bits per heavy atom. The molecule has 4 nitrogen and oxygen atoms in total. The van der Waals surface area contributed by atoms with Gasteiger partial charge in [0, 0.05) is 11.0 Å². The van der Waals surface area contributed by atoms with Crippen molar-refractivity contribution in [2.45, 2.75) is 39.7 Å². The van der Waals surface area contributed by atoms with Crippen LogP contribution in [0.5, 0.6) is 5.88 Å². The number of ether oxygens (including phenoxy) is 1. The average Bonchev–Trinajstić information content (AvgIpc) is 2.45. The number of hydrogen-bond donors (Lipinski definition) is 0. The molecule has 0 N–H and O–H groups in total. The summed E-state index contributed by atoms with van der Waals surface area (Å²) in [6, 6.07) is 5.61. The average molecular weight is 339 g/mol. The Labute approximate surface area is 126 Å². The molecule has 108 valence electrons. The van der Waals surface area contributed by atoms with Crippen LogP contribution in [0.3, 0.4) is 0 Å². The summed E-state index contributed by atoms with van der Waals surface area (Å²) in [6.07, 6.45) is 2.86. The molecular formula is C15H19BrN2O2. The van der Waals surface area contributed by atoms with Gasteiger partial charge in [0.05, 0.1) is 17.4 Å². The second-order valence-corrected chi connectivity index (χ2v) is 5.64. The van der Waals surface area contributed by atoms with Crippen LogP contribution in [-0.4, -0.2) is 16.4 Å². The van der Waals surface area contributed by atoms with E-state index in [1.165, 1.54) is 4.68 Å². The topological polar surface area (TPSA) is 44.1 Å². The summed E-state index contributed by atoms with van der Waals surface area (Å²) in [6.45, 7) is 5.37. The van der Waals surface area contributed by atoms with E-state index >= 15 is 0 Å². The van der Waals surface area contributed by atoms with Crippen molar-refractivity contribution < 1.29 is 4.74 Å². The van der Waals surface area contributed by atoms with Crippen LogP contribution in [-0.2, 0) is 6.54 Å². The largest absolute Gasteiger partial charge is 0.476 e. The summed E-state index contributed by atoms with van der Waals surface area (Å²) in [5.74, 6) is 0.546. The van der Waals surface area contributed by atoms with Gasteiger partial charge in [-0.1, -0.05) is 36.2 Å². The van der Waals surface area contributed by atoms with Crippen LogP contribution in [0.2, 0.25) is 0 Å². The second-order valence-electron chi connectivity index (χ2n) is 4.73. The molecule has 0 amide bonds. The lowest BCUT2D eigenvalue weighted by molar-refractivity contribution is 0.298. The predicted molar refractivity (Wildman–Crippen MR) is 84.4 cm³/mol. The molecule has 0 radical (unpaired) electrons. The van der Waals surface area contributed by atoms with Crippen LogP contribution in [0, 0.1) is 0 Å².